The summed E-state index contributed by atoms with van der Waals surface area (Å²) in [5, 5.41) is 4.15. The Balaban J connectivity index is 1.96. The maximum atomic E-state index is 13.1. The smallest absolute Gasteiger partial charge is 0.124 e. The highest BCUT2D eigenvalue weighted by Crippen LogP contribution is 2.25. The normalized spacial score (nSPS) is 16.9. The molecule has 0 saturated heterocycles. The fourth-order valence-corrected chi connectivity index (χ4v) is 2.77. The Bertz CT molecular complexity index is 415. The average Bonchev–Trinajstić information content (AvgIpc) is 3.13. The third kappa shape index (κ3) is 5.12. The number of halogens is 2. The Morgan fingerprint density at radius 2 is 2.11 bits per heavy atom. The lowest BCUT2D eigenvalue weighted by Crippen LogP contribution is -2.27. The van der Waals surface area contributed by atoms with Crippen LogP contribution < -0.4 is 5.32 Å². The van der Waals surface area contributed by atoms with E-state index in [2.05, 4.69) is 19.2 Å². The molecular weight excluding hydrogens is 261 g/mol. The number of benzene rings is 1. The summed E-state index contributed by atoms with van der Waals surface area (Å²) in [5.41, 5.74) is 1.06. The zero-order valence-electron chi connectivity index (χ0n) is 11.8. The molecule has 0 aliphatic heterocycles. The predicted molar refractivity (Wildman–Crippen MR) is 79.1 cm³/mol. The lowest BCUT2D eigenvalue weighted by Gasteiger charge is -2.20. The van der Waals surface area contributed by atoms with E-state index < -0.39 is 0 Å². The SMILES string of the molecule is CC(C)CC(CNC1CC1)Cc1ccc(F)cc1Cl. The van der Waals surface area contributed by atoms with Crippen LogP contribution in [0, 0.1) is 17.7 Å². The molecule has 0 radical (unpaired) electrons. The molecule has 0 bridgehead atoms. The van der Waals surface area contributed by atoms with Crippen molar-refractivity contribution in [2.24, 2.45) is 11.8 Å². The maximum absolute atomic E-state index is 13.1. The fraction of sp³-hybridized carbons (Fsp3) is 0.625. The van der Waals surface area contributed by atoms with Crippen molar-refractivity contribution in [2.45, 2.75) is 45.6 Å². The minimum Gasteiger partial charge on any atom is -0.314 e. The molecule has 3 heteroatoms. The molecule has 1 aliphatic carbocycles. The van der Waals surface area contributed by atoms with Crippen molar-refractivity contribution < 1.29 is 4.39 Å². The Kier molecular flexibility index (Phi) is 5.23. The minimum absolute atomic E-state index is 0.259. The van der Waals surface area contributed by atoms with Gasteiger partial charge in [0, 0.05) is 11.1 Å². The van der Waals surface area contributed by atoms with Gasteiger partial charge in [-0.25, -0.2) is 4.39 Å². The second-order valence-electron chi connectivity index (χ2n) is 6.12. The first-order valence-corrected chi connectivity index (χ1v) is 7.59. The Labute approximate surface area is 120 Å². The summed E-state index contributed by atoms with van der Waals surface area (Å²) < 4.78 is 13.1. The van der Waals surface area contributed by atoms with Gasteiger partial charge in [-0.05, 0) is 61.8 Å². The summed E-state index contributed by atoms with van der Waals surface area (Å²) in [7, 11) is 0. The summed E-state index contributed by atoms with van der Waals surface area (Å²) in [4.78, 5) is 0. The minimum atomic E-state index is -0.259. The van der Waals surface area contributed by atoms with Crippen LogP contribution in [-0.2, 0) is 6.42 Å². The number of nitrogens with one attached hydrogen (secondary N) is 1. The van der Waals surface area contributed by atoms with Crippen LogP contribution in [0.1, 0.15) is 38.7 Å². The van der Waals surface area contributed by atoms with Gasteiger partial charge in [0.05, 0.1) is 0 Å². The van der Waals surface area contributed by atoms with Gasteiger partial charge in [0.15, 0.2) is 0 Å². The van der Waals surface area contributed by atoms with E-state index in [1.807, 2.05) is 6.07 Å². The Morgan fingerprint density at radius 3 is 2.68 bits per heavy atom. The summed E-state index contributed by atoms with van der Waals surface area (Å²) in [6.45, 7) is 5.53. The van der Waals surface area contributed by atoms with Gasteiger partial charge in [-0.15, -0.1) is 0 Å². The van der Waals surface area contributed by atoms with Crippen LogP contribution in [0.5, 0.6) is 0 Å². The average molecular weight is 284 g/mol. The van der Waals surface area contributed by atoms with Crippen molar-refractivity contribution in [1.29, 1.82) is 0 Å². The molecule has 1 aliphatic rings. The van der Waals surface area contributed by atoms with Gasteiger partial charge in [0.1, 0.15) is 5.82 Å². The first kappa shape index (κ1) is 14.8. The third-order valence-corrected chi connectivity index (χ3v) is 3.95. The molecule has 1 unspecified atom stereocenters. The highest BCUT2D eigenvalue weighted by atomic mass is 35.5. The van der Waals surface area contributed by atoms with Crippen molar-refractivity contribution in [3.8, 4) is 0 Å². The molecule has 0 spiro atoms. The standard InChI is InChI=1S/C16H23ClFN/c1-11(2)7-12(10-19-15-5-6-15)8-13-3-4-14(18)9-16(13)17/h3-4,9,11-12,15,19H,5-8,10H2,1-2H3. The molecule has 0 aromatic heterocycles. The molecular formula is C16H23ClFN. The van der Waals surface area contributed by atoms with Crippen molar-refractivity contribution in [3.63, 3.8) is 0 Å². The first-order valence-electron chi connectivity index (χ1n) is 7.22. The van der Waals surface area contributed by atoms with E-state index in [9.17, 15) is 4.39 Å². The number of rotatable bonds is 7. The van der Waals surface area contributed by atoms with Gasteiger partial charge in [-0.3, -0.25) is 0 Å². The molecule has 1 atom stereocenters. The zero-order valence-corrected chi connectivity index (χ0v) is 12.5. The van der Waals surface area contributed by atoms with Crippen LogP contribution >= 0.6 is 11.6 Å². The summed E-state index contributed by atoms with van der Waals surface area (Å²) in [6, 6.07) is 5.47. The zero-order chi connectivity index (χ0) is 13.8. The van der Waals surface area contributed by atoms with E-state index in [0.717, 1.165) is 24.6 Å². The molecule has 1 nitrogen and oxygen atoms in total. The van der Waals surface area contributed by atoms with Crippen molar-refractivity contribution in [2.75, 3.05) is 6.54 Å². The van der Waals surface area contributed by atoms with Gasteiger partial charge in [-0.1, -0.05) is 31.5 Å². The van der Waals surface area contributed by atoms with E-state index >= 15 is 0 Å². The summed E-state index contributed by atoms with van der Waals surface area (Å²) in [6.07, 6.45) is 4.72. The quantitative estimate of drug-likeness (QED) is 0.780. The van der Waals surface area contributed by atoms with E-state index in [1.165, 1.54) is 31.4 Å². The summed E-state index contributed by atoms with van der Waals surface area (Å²) in [5.74, 6) is 0.985. The molecule has 0 heterocycles. The van der Waals surface area contributed by atoms with Crippen LogP contribution in [0.25, 0.3) is 0 Å². The Hall–Kier alpha value is -0.600. The molecule has 0 amide bonds. The summed E-state index contributed by atoms with van der Waals surface area (Å²) >= 11 is 6.12. The van der Waals surface area contributed by atoms with E-state index in [-0.39, 0.29) is 5.82 Å². The van der Waals surface area contributed by atoms with Crippen molar-refractivity contribution in [3.05, 3.63) is 34.6 Å². The maximum Gasteiger partial charge on any atom is 0.124 e. The molecule has 2 rings (SSSR count). The molecule has 1 saturated carbocycles. The van der Waals surface area contributed by atoms with Gasteiger partial charge in [-0.2, -0.15) is 0 Å². The topological polar surface area (TPSA) is 12.0 Å². The third-order valence-electron chi connectivity index (χ3n) is 3.60. The largest absolute Gasteiger partial charge is 0.314 e. The molecule has 106 valence electrons. The Morgan fingerprint density at radius 1 is 1.37 bits per heavy atom. The van der Waals surface area contributed by atoms with Crippen molar-refractivity contribution in [1.82, 2.24) is 5.32 Å². The van der Waals surface area contributed by atoms with Crippen LogP contribution in [-0.4, -0.2) is 12.6 Å². The van der Waals surface area contributed by atoms with Crippen LogP contribution in [0.15, 0.2) is 18.2 Å². The van der Waals surface area contributed by atoms with Gasteiger partial charge in [0.25, 0.3) is 0 Å². The predicted octanol–water partition coefficient (Wildman–Crippen LogP) is 4.44. The fourth-order valence-electron chi connectivity index (χ4n) is 2.52. The monoisotopic (exact) mass is 283 g/mol. The van der Waals surface area contributed by atoms with Crippen molar-refractivity contribution >= 4 is 11.6 Å². The highest BCUT2D eigenvalue weighted by Gasteiger charge is 2.22. The van der Waals surface area contributed by atoms with Crippen LogP contribution in [0.3, 0.4) is 0 Å². The van der Waals surface area contributed by atoms with E-state index in [4.69, 9.17) is 11.6 Å². The van der Waals surface area contributed by atoms with E-state index in [0.29, 0.717) is 16.9 Å². The molecule has 1 N–H and O–H groups in total. The van der Waals surface area contributed by atoms with Gasteiger partial charge < -0.3 is 5.32 Å². The van der Waals surface area contributed by atoms with Gasteiger partial charge >= 0.3 is 0 Å². The van der Waals surface area contributed by atoms with Crippen LogP contribution in [0.2, 0.25) is 5.02 Å². The van der Waals surface area contributed by atoms with E-state index in [1.54, 1.807) is 0 Å². The molecule has 1 aromatic carbocycles. The molecule has 1 fully saturated rings. The number of hydrogen-bond acceptors (Lipinski definition) is 1. The molecule has 19 heavy (non-hydrogen) atoms. The lowest BCUT2D eigenvalue weighted by molar-refractivity contribution is 0.384. The number of hydrogen-bond donors (Lipinski definition) is 1. The molecule has 1 aromatic rings. The lowest BCUT2D eigenvalue weighted by atomic mass is 9.91. The van der Waals surface area contributed by atoms with Crippen LogP contribution in [0.4, 0.5) is 4.39 Å². The van der Waals surface area contributed by atoms with Gasteiger partial charge in [0.2, 0.25) is 0 Å². The first-order chi connectivity index (χ1) is 9.04. The second-order valence-corrected chi connectivity index (χ2v) is 6.53. The second kappa shape index (κ2) is 6.71. The highest BCUT2D eigenvalue weighted by molar-refractivity contribution is 6.31.